The van der Waals surface area contributed by atoms with Crippen molar-refractivity contribution in [3.8, 4) is 0 Å². The molecule has 0 bridgehead atoms. The molecule has 0 amide bonds. The Hall–Kier alpha value is -2.29. The largest absolute Gasteiger partial charge is 0.481 e. The van der Waals surface area contributed by atoms with E-state index in [0.29, 0.717) is 25.6 Å². The van der Waals surface area contributed by atoms with Crippen molar-refractivity contribution in [1.82, 2.24) is 14.8 Å². The maximum absolute atomic E-state index is 11.0. The Balaban J connectivity index is 0.000000234. The van der Waals surface area contributed by atoms with Gasteiger partial charge in [0.2, 0.25) is 0 Å². The number of ether oxygens (including phenoxy) is 1. The predicted molar refractivity (Wildman–Crippen MR) is 117 cm³/mol. The van der Waals surface area contributed by atoms with Crippen molar-refractivity contribution in [3.63, 3.8) is 0 Å². The van der Waals surface area contributed by atoms with Crippen LogP contribution in [0.3, 0.4) is 0 Å². The van der Waals surface area contributed by atoms with Gasteiger partial charge < -0.3 is 20.5 Å². The fourth-order valence-electron chi connectivity index (χ4n) is 3.33. The summed E-state index contributed by atoms with van der Waals surface area (Å²) in [5.74, 6) is -0.970. The highest BCUT2D eigenvalue weighted by molar-refractivity contribution is 5.88. The monoisotopic (exact) mass is 420 g/mol. The van der Waals surface area contributed by atoms with Crippen LogP contribution in [0.4, 0.5) is 0 Å². The first-order valence-corrected chi connectivity index (χ1v) is 10.4. The lowest BCUT2D eigenvalue weighted by molar-refractivity contribution is -0.137. The Bertz CT molecular complexity index is 666. The lowest BCUT2D eigenvalue weighted by atomic mass is 10.1. The van der Waals surface area contributed by atoms with E-state index in [1.165, 1.54) is 32.1 Å². The van der Waals surface area contributed by atoms with Crippen LogP contribution in [-0.2, 0) is 14.3 Å². The SMILES string of the molecule is CN1CCC[C@H]1c1cccnc1.COC(=O)C1=CCCN(C)C1.NCCCC(=O)O. The Morgan fingerprint density at radius 3 is 2.57 bits per heavy atom. The van der Waals surface area contributed by atoms with Crippen LogP contribution in [0.1, 0.15) is 43.7 Å². The van der Waals surface area contributed by atoms with Crippen molar-refractivity contribution in [2.45, 2.75) is 38.1 Å². The van der Waals surface area contributed by atoms with E-state index in [-0.39, 0.29) is 12.4 Å². The molecule has 2 aliphatic heterocycles. The first-order chi connectivity index (χ1) is 14.4. The number of likely N-dealkylation sites (tertiary alicyclic amines) is 1. The molecule has 8 heteroatoms. The summed E-state index contributed by atoms with van der Waals surface area (Å²) in [7, 11) is 5.60. The fourth-order valence-corrected chi connectivity index (χ4v) is 3.33. The van der Waals surface area contributed by atoms with Gasteiger partial charge in [0.1, 0.15) is 0 Å². The van der Waals surface area contributed by atoms with Gasteiger partial charge in [0.05, 0.1) is 7.11 Å². The lowest BCUT2D eigenvalue weighted by Gasteiger charge is -2.21. The van der Waals surface area contributed by atoms with Crippen LogP contribution in [0.5, 0.6) is 0 Å². The van der Waals surface area contributed by atoms with Gasteiger partial charge >= 0.3 is 11.9 Å². The zero-order valence-electron chi connectivity index (χ0n) is 18.4. The minimum Gasteiger partial charge on any atom is -0.481 e. The van der Waals surface area contributed by atoms with Crippen molar-refractivity contribution in [2.75, 3.05) is 47.4 Å². The normalized spacial score (nSPS) is 18.9. The van der Waals surface area contributed by atoms with Crippen LogP contribution < -0.4 is 5.73 Å². The average molecular weight is 421 g/mol. The van der Waals surface area contributed by atoms with Crippen molar-refractivity contribution in [3.05, 3.63) is 41.7 Å². The van der Waals surface area contributed by atoms with Crippen LogP contribution >= 0.6 is 0 Å². The van der Waals surface area contributed by atoms with E-state index in [1.54, 1.807) is 0 Å². The lowest BCUT2D eigenvalue weighted by Crippen LogP contribution is -2.28. The third-order valence-corrected chi connectivity index (χ3v) is 4.97. The summed E-state index contributed by atoms with van der Waals surface area (Å²) in [5, 5.41) is 7.99. The molecule has 0 aliphatic carbocycles. The zero-order valence-corrected chi connectivity index (χ0v) is 18.4. The second-order valence-electron chi connectivity index (χ2n) is 7.46. The van der Waals surface area contributed by atoms with Gasteiger partial charge in [-0.1, -0.05) is 12.1 Å². The molecule has 0 spiro atoms. The maximum atomic E-state index is 11.0. The molecular formula is C22H36N4O4. The molecule has 1 aromatic heterocycles. The second kappa shape index (κ2) is 14.7. The molecule has 1 aromatic rings. The molecule has 30 heavy (non-hydrogen) atoms. The molecule has 3 N–H and O–H groups in total. The van der Waals surface area contributed by atoms with Crippen LogP contribution in [-0.4, -0.2) is 79.2 Å². The van der Waals surface area contributed by atoms with Crippen molar-refractivity contribution >= 4 is 11.9 Å². The summed E-state index contributed by atoms with van der Waals surface area (Å²) in [6.07, 6.45) is 10.1. The number of carboxylic acid groups (broad SMARTS) is 1. The molecular weight excluding hydrogens is 384 g/mol. The molecule has 2 aliphatic rings. The number of carbonyl (C=O) groups excluding carboxylic acids is 1. The molecule has 0 aromatic carbocycles. The van der Waals surface area contributed by atoms with E-state index in [2.05, 4.69) is 32.6 Å². The van der Waals surface area contributed by atoms with Gasteiger partial charge in [-0.25, -0.2) is 4.79 Å². The average Bonchev–Trinajstić information content (AvgIpc) is 3.19. The molecule has 168 valence electrons. The molecule has 1 atom stereocenters. The summed E-state index contributed by atoms with van der Waals surface area (Å²) in [4.78, 5) is 29.3. The number of nitrogens with two attached hydrogens (primary N) is 1. The third-order valence-electron chi connectivity index (χ3n) is 4.97. The molecule has 3 heterocycles. The van der Waals surface area contributed by atoms with Gasteiger partial charge in [0, 0.05) is 43.5 Å². The summed E-state index contributed by atoms with van der Waals surface area (Å²) in [6.45, 7) is 3.43. The Morgan fingerprint density at radius 1 is 1.33 bits per heavy atom. The number of nitrogens with zero attached hydrogens (tertiary/aromatic N) is 3. The smallest absolute Gasteiger partial charge is 0.334 e. The minimum atomic E-state index is -0.773. The first kappa shape index (κ1) is 25.7. The third kappa shape index (κ3) is 9.96. The van der Waals surface area contributed by atoms with E-state index < -0.39 is 5.97 Å². The number of likely N-dealkylation sites (N-methyl/N-ethyl adjacent to an activating group) is 1. The van der Waals surface area contributed by atoms with E-state index in [9.17, 15) is 9.59 Å². The number of hydrogen-bond donors (Lipinski definition) is 2. The molecule has 3 rings (SSSR count). The van der Waals surface area contributed by atoms with Crippen LogP contribution in [0.15, 0.2) is 36.2 Å². The van der Waals surface area contributed by atoms with E-state index in [0.717, 1.165) is 18.5 Å². The number of aliphatic carboxylic acids is 1. The highest BCUT2D eigenvalue weighted by Crippen LogP contribution is 2.29. The quantitative estimate of drug-likeness (QED) is 0.697. The summed E-state index contributed by atoms with van der Waals surface area (Å²) >= 11 is 0. The van der Waals surface area contributed by atoms with E-state index in [4.69, 9.17) is 10.8 Å². The number of rotatable bonds is 5. The Kier molecular flexibility index (Phi) is 12.6. The summed E-state index contributed by atoms with van der Waals surface area (Å²) in [5.41, 5.74) is 7.15. The molecule has 0 saturated carbocycles. The Labute approximate surface area is 179 Å². The molecule has 8 nitrogen and oxygen atoms in total. The summed E-state index contributed by atoms with van der Waals surface area (Å²) in [6, 6.07) is 4.79. The number of methoxy groups -OCH3 is 1. The highest BCUT2D eigenvalue weighted by atomic mass is 16.5. The molecule has 0 radical (unpaired) electrons. The number of esters is 1. The van der Waals surface area contributed by atoms with Crippen LogP contribution in [0.25, 0.3) is 0 Å². The number of hydrogen-bond acceptors (Lipinski definition) is 7. The van der Waals surface area contributed by atoms with Crippen LogP contribution in [0, 0.1) is 0 Å². The summed E-state index contributed by atoms with van der Waals surface area (Å²) < 4.78 is 4.60. The van der Waals surface area contributed by atoms with Gasteiger partial charge in [-0.15, -0.1) is 0 Å². The topological polar surface area (TPSA) is 109 Å². The van der Waals surface area contributed by atoms with Crippen molar-refractivity contribution in [2.24, 2.45) is 5.73 Å². The van der Waals surface area contributed by atoms with Gasteiger partial charge in [-0.3, -0.25) is 14.7 Å². The van der Waals surface area contributed by atoms with E-state index in [1.807, 2.05) is 31.6 Å². The van der Waals surface area contributed by atoms with Crippen molar-refractivity contribution in [1.29, 1.82) is 0 Å². The van der Waals surface area contributed by atoms with Gasteiger partial charge in [-0.05, 0) is 64.5 Å². The molecule has 1 fully saturated rings. The van der Waals surface area contributed by atoms with Crippen LogP contribution in [0.2, 0.25) is 0 Å². The van der Waals surface area contributed by atoms with Gasteiger partial charge in [0.25, 0.3) is 0 Å². The number of pyridine rings is 1. The second-order valence-corrected chi connectivity index (χ2v) is 7.46. The first-order valence-electron chi connectivity index (χ1n) is 10.4. The van der Waals surface area contributed by atoms with Gasteiger partial charge in [0.15, 0.2) is 0 Å². The predicted octanol–water partition coefficient (Wildman–Crippen LogP) is 2.08. The Morgan fingerprint density at radius 2 is 2.10 bits per heavy atom. The standard InChI is InChI=1S/C10H14N2.C8H13NO2.C4H9NO2/c1-12-7-3-5-10(12)9-4-2-6-11-8-9;1-9-5-3-4-7(6-9)8(10)11-2;5-3-1-2-4(6)7/h2,4,6,8,10H,3,5,7H2,1H3;4H,3,5-6H2,1-2H3;1-3,5H2,(H,6,7)/t10-;;/m0../s1. The maximum Gasteiger partial charge on any atom is 0.334 e. The number of aromatic nitrogens is 1. The van der Waals surface area contributed by atoms with Crippen molar-refractivity contribution < 1.29 is 19.4 Å². The zero-order chi connectivity index (χ0) is 22.4. The van der Waals surface area contributed by atoms with Gasteiger partial charge in [-0.2, -0.15) is 0 Å². The molecule has 0 unspecified atom stereocenters. The minimum absolute atomic E-state index is 0.191. The van der Waals surface area contributed by atoms with E-state index >= 15 is 0 Å². The number of carbonyl (C=O) groups is 2. The highest BCUT2D eigenvalue weighted by Gasteiger charge is 2.22. The number of carboxylic acids is 1. The molecule has 1 saturated heterocycles. The fraction of sp³-hybridized carbons (Fsp3) is 0.591.